The maximum atomic E-state index is 3.86. The fourth-order valence-electron chi connectivity index (χ4n) is 3.63. The molecule has 0 saturated carbocycles. The van der Waals surface area contributed by atoms with Gasteiger partial charge in [0.25, 0.3) is 0 Å². The molecule has 0 unspecified atom stereocenters. The summed E-state index contributed by atoms with van der Waals surface area (Å²) in [6.07, 6.45) is 14.4. The van der Waals surface area contributed by atoms with Gasteiger partial charge in [0.15, 0.2) is 0 Å². The van der Waals surface area contributed by atoms with Gasteiger partial charge in [0.1, 0.15) is 0 Å². The molecule has 0 aromatic heterocycles. The van der Waals surface area contributed by atoms with E-state index in [0.717, 1.165) is 12.1 Å². The lowest BCUT2D eigenvalue weighted by molar-refractivity contribution is 0.162. The van der Waals surface area contributed by atoms with Crippen molar-refractivity contribution in [3.8, 4) is 0 Å². The first-order chi connectivity index (χ1) is 7.92. The van der Waals surface area contributed by atoms with E-state index in [-0.39, 0.29) is 0 Å². The molecule has 2 aliphatic heterocycles. The number of piperidine rings is 1. The molecule has 16 heavy (non-hydrogen) atoms. The van der Waals surface area contributed by atoms with Crippen molar-refractivity contribution in [2.24, 2.45) is 0 Å². The Morgan fingerprint density at radius 3 is 2.94 bits per heavy atom. The van der Waals surface area contributed by atoms with Crippen LogP contribution in [0.4, 0.5) is 0 Å². The molecule has 0 bridgehead atoms. The van der Waals surface area contributed by atoms with Crippen LogP contribution in [-0.2, 0) is 0 Å². The van der Waals surface area contributed by atoms with E-state index in [1.54, 1.807) is 0 Å². The van der Waals surface area contributed by atoms with E-state index in [4.69, 9.17) is 0 Å². The Morgan fingerprint density at radius 2 is 2.06 bits per heavy atom. The Labute approximate surface area is 99.1 Å². The van der Waals surface area contributed by atoms with Crippen LogP contribution < -0.4 is 5.32 Å². The van der Waals surface area contributed by atoms with E-state index in [2.05, 4.69) is 22.4 Å². The average Bonchev–Trinajstić information content (AvgIpc) is 2.77. The highest BCUT2D eigenvalue weighted by molar-refractivity contribution is 5.00. The number of hydrogen-bond acceptors (Lipinski definition) is 2. The first-order valence-corrected chi connectivity index (χ1v) is 7.08. The van der Waals surface area contributed by atoms with Crippen molar-refractivity contribution < 1.29 is 0 Å². The minimum atomic E-state index is 0.673. The monoisotopic (exact) mass is 220 g/mol. The van der Waals surface area contributed by atoms with Crippen LogP contribution in [0, 0.1) is 0 Å². The highest BCUT2D eigenvalue weighted by Gasteiger charge is 2.32. The summed E-state index contributed by atoms with van der Waals surface area (Å²) in [5, 5.41) is 3.86. The van der Waals surface area contributed by atoms with Crippen LogP contribution >= 0.6 is 0 Å². The summed E-state index contributed by atoms with van der Waals surface area (Å²) in [5.41, 5.74) is 0. The van der Waals surface area contributed by atoms with Gasteiger partial charge in [-0.2, -0.15) is 0 Å². The molecule has 3 atom stereocenters. The SMILES string of the molecule is C1=C[C@H](N[C@@H]2CCN3CCC[C@@H]3C2)CCC1. The third kappa shape index (κ3) is 2.33. The molecule has 0 aromatic rings. The van der Waals surface area contributed by atoms with E-state index < -0.39 is 0 Å². The molecule has 0 spiro atoms. The minimum Gasteiger partial charge on any atom is -0.308 e. The van der Waals surface area contributed by atoms with Crippen LogP contribution in [0.3, 0.4) is 0 Å². The maximum Gasteiger partial charge on any atom is 0.0252 e. The van der Waals surface area contributed by atoms with E-state index in [9.17, 15) is 0 Å². The van der Waals surface area contributed by atoms with Crippen LogP contribution in [-0.4, -0.2) is 36.1 Å². The molecule has 2 nitrogen and oxygen atoms in total. The van der Waals surface area contributed by atoms with Gasteiger partial charge in [-0.3, -0.25) is 0 Å². The topological polar surface area (TPSA) is 15.3 Å². The molecular weight excluding hydrogens is 196 g/mol. The largest absolute Gasteiger partial charge is 0.308 e. The van der Waals surface area contributed by atoms with Gasteiger partial charge in [0.05, 0.1) is 0 Å². The van der Waals surface area contributed by atoms with Gasteiger partial charge in [-0.15, -0.1) is 0 Å². The molecule has 1 aliphatic carbocycles. The number of rotatable bonds is 2. The molecule has 2 heterocycles. The number of nitrogens with zero attached hydrogens (tertiary/aromatic N) is 1. The molecule has 3 rings (SSSR count). The number of hydrogen-bond donors (Lipinski definition) is 1. The molecule has 3 aliphatic rings. The van der Waals surface area contributed by atoms with Crippen LogP contribution in [0.5, 0.6) is 0 Å². The molecule has 0 radical (unpaired) electrons. The van der Waals surface area contributed by atoms with Crippen LogP contribution in [0.25, 0.3) is 0 Å². The van der Waals surface area contributed by atoms with E-state index >= 15 is 0 Å². The first-order valence-electron chi connectivity index (χ1n) is 7.08. The van der Waals surface area contributed by atoms with Crippen molar-refractivity contribution in [3.05, 3.63) is 12.2 Å². The van der Waals surface area contributed by atoms with Crippen LogP contribution in [0.2, 0.25) is 0 Å². The standard InChI is InChI=1S/C14H24N2/c1-2-5-12(6-3-1)15-13-8-10-16-9-4-7-14(16)11-13/h2,5,12-15H,1,3-4,6-11H2/t12-,13+,14+/m0/s1. The zero-order valence-electron chi connectivity index (χ0n) is 10.2. The Balaban J connectivity index is 1.52. The summed E-state index contributed by atoms with van der Waals surface area (Å²) in [5.74, 6) is 0. The molecular formula is C14H24N2. The van der Waals surface area contributed by atoms with Gasteiger partial charge >= 0.3 is 0 Å². The predicted octanol–water partition coefficient (Wildman–Crippen LogP) is 2.31. The van der Waals surface area contributed by atoms with Crippen LogP contribution in [0.15, 0.2) is 12.2 Å². The predicted molar refractivity (Wildman–Crippen MR) is 67.5 cm³/mol. The summed E-state index contributed by atoms with van der Waals surface area (Å²) in [6, 6.07) is 2.36. The lowest BCUT2D eigenvalue weighted by Crippen LogP contribution is -2.48. The normalized spacial score (nSPS) is 39.9. The lowest BCUT2D eigenvalue weighted by Gasteiger charge is -2.37. The fraction of sp³-hybridized carbons (Fsp3) is 0.857. The summed E-state index contributed by atoms with van der Waals surface area (Å²) < 4.78 is 0. The van der Waals surface area contributed by atoms with E-state index in [1.807, 2.05) is 0 Å². The van der Waals surface area contributed by atoms with Gasteiger partial charge in [0.2, 0.25) is 0 Å². The highest BCUT2D eigenvalue weighted by atomic mass is 15.2. The zero-order valence-corrected chi connectivity index (χ0v) is 10.2. The highest BCUT2D eigenvalue weighted by Crippen LogP contribution is 2.27. The second-order valence-corrected chi connectivity index (χ2v) is 5.69. The molecule has 1 N–H and O–H groups in total. The molecule has 2 heteroatoms. The van der Waals surface area contributed by atoms with Crippen molar-refractivity contribution in [1.82, 2.24) is 10.2 Å². The Kier molecular flexibility index (Phi) is 3.30. The third-order valence-electron chi connectivity index (χ3n) is 4.52. The average molecular weight is 220 g/mol. The van der Waals surface area contributed by atoms with Crippen molar-refractivity contribution in [2.45, 2.75) is 63.1 Å². The molecule has 2 saturated heterocycles. The third-order valence-corrected chi connectivity index (χ3v) is 4.52. The van der Waals surface area contributed by atoms with Crippen LogP contribution in [0.1, 0.15) is 44.9 Å². The molecule has 2 fully saturated rings. The second-order valence-electron chi connectivity index (χ2n) is 5.69. The molecule has 0 amide bonds. The summed E-state index contributed by atoms with van der Waals surface area (Å²) in [6.45, 7) is 2.69. The minimum absolute atomic E-state index is 0.673. The summed E-state index contributed by atoms with van der Waals surface area (Å²) >= 11 is 0. The smallest absolute Gasteiger partial charge is 0.0252 e. The van der Waals surface area contributed by atoms with Crippen molar-refractivity contribution in [1.29, 1.82) is 0 Å². The van der Waals surface area contributed by atoms with Gasteiger partial charge in [-0.25, -0.2) is 0 Å². The van der Waals surface area contributed by atoms with Gasteiger partial charge in [-0.05, 0) is 58.0 Å². The lowest BCUT2D eigenvalue weighted by atomic mass is 9.95. The zero-order chi connectivity index (χ0) is 10.8. The quantitative estimate of drug-likeness (QED) is 0.718. The van der Waals surface area contributed by atoms with Gasteiger partial charge < -0.3 is 10.2 Å². The number of fused-ring (bicyclic) bond motifs is 1. The Morgan fingerprint density at radius 1 is 1.06 bits per heavy atom. The number of allylic oxidation sites excluding steroid dienone is 1. The van der Waals surface area contributed by atoms with Crippen molar-refractivity contribution in [3.63, 3.8) is 0 Å². The molecule has 0 aromatic carbocycles. The Bertz CT molecular complexity index is 261. The molecule has 90 valence electrons. The van der Waals surface area contributed by atoms with E-state index in [0.29, 0.717) is 6.04 Å². The summed E-state index contributed by atoms with van der Waals surface area (Å²) in [7, 11) is 0. The van der Waals surface area contributed by atoms with E-state index in [1.165, 1.54) is 58.0 Å². The van der Waals surface area contributed by atoms with Crippen molar-refractivity contribution in [2.75, 3.05) is 13.1 Å². The van der Waals surface area contributed by atoms with Gasteiger partial charge in [0, 0.05) is 18.1 Å². The van der Waals surface area contributed by atoms with Crippen molar-refractivity contribution >= 4 is 0 Å². The summed E-state index contributed by atoms with van der Waals surface area (Å²) in [4.78, 5) is 2.70. The van der Waals surface area contributed by atoms with Gasteiger partial charge in [-0.1, -0.05) is 12.2 Å². The maximum absolute atomic E-state index is 3.86. The number of nitrogens with one attached hydrogen (secondary N) is 1. The fourth-order valence-corrected chi connectivity index (χ4v) is 3.63. The second kappa shape index (κ2) is 4.89. The first kappa shape index (κ1) is 10.8. The Hall–Kier alpha value is -0.340.